The second-order valence-electron chi connectivity index (χ2n) is 10.5. The Morgan fingerprint density at radius 3 is 2.46 bits per heavy atom. The minimum absolute atomic E-state index is 0.0158. The highest BCUT2D eigenvalue weighted by Crippen LogP contribution is 2.33. The Labute approximate surface area is 227 Å². The van der Waals surface area contributed by atoms with E-state index in [-0.39, 0.29) is 17.3 Å². The molecule has 39 heavy (non-hydrogen) atoms. The van der Waals surface area contributed by atoms with Crippen LogP contribution in [0.1, 0.15) is 32.5 Å². The van der Waals surface area contributed by atoms with Gasteiger partial charge in [0.1, 0.15) is 5.52 Å². The minimum Gasteiger partial charge on any atom is -0.394 e. The topological polar surface area (TPSA) is 122 Å². The van der Waals surface area contributed by atoms with E-state index < -0.39 is 21.3 Å². The Bertz CT molecular complexity index is 1700. The number of nitrogens with zero attached hydrogens (tertiary/aromatic N) is 5. The molecule has 0 radical (unpaired) electrons. The van der Waals surface area contributed by atoms with E-state index in [9.17, 15) is 13.5 Å². The van der Waals surface area contributed by atoms with Crippen LogP contribution in [0.15, 0.2) is 90.3 Å². The van der Waals surface area contributed by atoms with Gasteiger partial charge in [-0.15, -0.1) is 5.10 Å². The number of hydrogen-bond donors (Lipinski definition) is 2. The van der Waals surface area contributed by atoms with Gasteiger partial charge in [0.15, 0.2) is 21.5 Å². The van der Waals surface area contributed by atoms with E-state index in [0.29, 0.717) is 28.4 Å². The van der Waals surface area contributed by atoms with E-state index in [1.54, 1.807) is 23.0 Å². The van der Waals surface area contributed by atoms with Gasteiger partial charge in [-0.3, -0.25) is 9.97 Å². The van der Waals surface area contributed by atoms with Crippen LogP contribution in [0.3, 0.4) is 0 Å². The van der Waals surface area contributed by atoms with Gasteiger partial charge in [0, 0.05) is 35.9 Å². The molecule has 1 aromatic carbocycles. The van der Waals surface area contributed by atoms with E-state index in [4.69, 9.17) is 10.1 Å². The molecule has 1 atom stereocenters. The normalized spacial score (nSPS) is 12.9. The van der Waals surface area contributed by atoms with Crippen molar-refractivity contribution < 1.29 is 13.5 Å². The third-order valence-corrected chi connectivity index (χ3v) is 8.28. The summed E-state index contributed by atoms with van der Waals surface area (Å²) in [4.78, 5) is 13.5. The first-order valence-electron chi connectivity index (χ1n) is 12.6. The summed E-state index contributed by atoms with van der Waals surface area (Å²) in [5.74, 6) is 0.743. The van der Waals surface area contributed by atoms with Crippen molar-refractivity contribution in [2.75, 3.05) is 17.7 Å². The molecule has 9 nitrogen and oxygen atoms in total. The van der Waals surface area contributed by atoms with E-state index in [1.165, 1.54) is 6.20 Å². The molecule has 0 aliphatic heterocycles. The number of aliphatic hydroxyl groups excluding tert-OH is 1. The monoisotopic (exact) mass is 542 g/mol. The maximum absolute atomic E-state index is 13.1. The SMILES string of the molecule is CC(C)(C)CS(=O)(=O)c1cncc(-c2nc(NC(CO)c3ccccn3)c3c(-c4ccccc4)ccn3n2)c1. The number of aliphatic hydroxyl groups is 1. The van der Waals surface area contributed by atoms with Crippen LogP contribution in [0.2, 0.25) is 0 Å². The molecule has 200 valence electrons. The second-order valence-corrected chi connectivity index (χ2v) is 12.5. The van der Waals surface area contributed by atoms with Crippen molar-refractivity contribution in [1.82, 2.24) is 24.6 Å². The lowest BCUT2D eigenvalue weighted by Crippen LogP contribution is -2.21. The van der Waals surface area contributed by atoms with Crippen molar-refractivity contribution in [3.05, 3.63) is 91.1 Å². The Kier molecular flexibility index (Phi) is 7.16. The third-order valence-electron chi connectivity index (χ3n) is 6.09. The maximum atomic E-state index is 13.1. The highest BCUT2D eigenvalue weighted by atomic mass is 32.2. The van der Waals surface area contributed by atoms with Gasteiger partial charge in [-0.1, -0.05) is 57.2 Å². The standard InChI is InChI=1S/C29H30N6O3S/c1-29(2,3)19-39(37,38)22-15-21(16-30-17-22)27-33-28(32-25(18-36)24-11-7-8-13-31-24)26-23(12-14-35(26)34-27)20-9-5-4-6-10-20/h4-17,25,36H,18-19H2,1-3H3,(H,32,33,34). The molecule has 0 bridgehead atoms. The number of aromatic nitrogens is 5. The van der Waals surface area contributed by atoms with Gasteiger partial charge >= 0.3 is 0 Å². The second kappa shape index (κ2) is 10.5. The summed E-state index contributed by atoms with van der Waals surface area (Å²) >= 11 is 0. The third kappa shape index (κ3) is 5.81. The molecule has 0 spiro atoms. The highest BCUT2D eigenvalue weighted by Gasteiger charge is 2.25. The number of nitrogens with one attached hydrogen (secondary N) is 1. The van der Waals surface area contributed by atoms with Crippen molar-refractivity contribution in [2.24, 2.45) is 5.41 Å². The molecule has 0 saturated heterocycles. The first kappa shape index (κ1) is 26.5. The molecule has 1 unspecified atom stereocenters. The molecule has 2 N–H and O–H groups in total. The van der Waals surface area contributed by atoms with Gasteiger partial charge in [0.05, 0.1) is 29.0 Å². The van der Waals surface area contributed by atoms with Gasteiger partial charge < -0.3 is 10.4 Å². The van der Waals surface area contributed by atoms with Gasteiger partial charge in [0.2, 0.25) is 0 Å². The Hall–Kier alpha value is -4.15. The van der Waals surface area contributed by atoms with Crippen molar-refractivity contribution in [3.63, 3.8) is 0 Å². The Balaban J connectivity index is 1.65. The zero-order chi connectivity index (χ0) is 27.6. The fraction of sp³-hybridized carbons (Fsp3) is 0.241. The number of pyridine rings is 2. The minimum atomic E-state index is -3.57. The van der Waals surface area contributed by atoms with Crippen LogP contribution in [-0.2, 0) is 9.84 Å². The quantitative estimate of drug-likeness (QED) is 0.286. The fourth-order valence-electron chi connectivity index (χ4n) is 4.42. The molecule has 0 amide bonds. The van der Waals surface area contributed by atoms with E-state index >= 15 is 0 Å². The maximum Gasteiger partial charge on any atom is 0.183 e. The number of fused-ring (bicyclic) bond motifs is 1. The first-order valence-corrected chi connectivity index (χ1v) is 14.2. The van der Waals surface area contributed by atoms with E-state index in [1.807, 2.05) is 81.6 Å². The summed E-state index contributed by atoms with van der Waals surface area (Å²) in [5.41, 5.74) is 3.30. The number of rotatable bonds is 8. The zero-order valence-corrected chi connectivity index (χ0v) is 22.8. The molecule has 0 aliphatic carbocycles. The van der Waals surface area contributed by atoms with Gasteiger partial charge in [-0.05, 0) is 35.2 Å². The lowest BCUT2D eigenvalue weighted by atomic mass is 10.0. The lowest BCUT2D eigenvalue weighted by molar-refractivity contribution is 0.274. The molecule has 4 aromatic heterocycles. The molecular formula is C29H30N6O3S. The number of anilines is 1. The van der Waals surface area contributed by atoms with Crippen LogP contribution in [0.25, 0.3) is 28.0 Å². The van der Waals surface area contributed by atoms with Crippen molar-refractivity contribution >= 4 is 21.2 Å². The summed E-state index contributed by atoms with van der Waals surface area (Å²) in [6.07, 6.45) is 6.40. The van der Waals surface area contributed by atoms with Crippen molar-refractivity contribution in [2.45, 2.75) is 31.7 Å². The van der Waals surface area contributed by atoms with Gasteiger partial charge in [-0.2, -0.15) is 0 Å². The number of benzene rings is 1. The summed E-state index contributed by atoms with van der Waals surface area (Å²) in [6, 6.07) is 18.3. The molecular weight excluding hydrogens is 512 g/mol. The van der Waals surface area contributed by atoms with Crippen LogP contribution in [0.4, 0.5) is 5.82 Å². The van der Waals surface area contributed by atoms with Crippen molar-refractivity contribution in [3.8, 4) is 22.5 Å². The molecule has 5 aromatic rings. The average molecular weight is 543 g/mol. The van der Waals surface area contributed by atoms with Crippen LogP contribution in [0.5, 0.6) is 0 Å². The Morgan fingerprint density at radius 2 is 1.77 bits per heavy atom. The molecule has 0 aliphatic rings. The molecule has 5 rings (SSSR count). The van der Waals surface area contributed by atoms with Crippen molar-refractivity contribution in [1.29, 1.82) is 0 Å². The predicted octanol–water partition coefficient (Wildman–Crippen LogP) is 4.82. The summed E-state index contributed by atoms with van der Waals surface area (Å²) in [5, 5.41) is 18.3. The number of sulfone groups is 1. The van der Waals surface area contributed by atoms with Crippen LogP contribution in [-0.4, -0.2) is 50.5 Å². The van der Waals surface area contributed by atoms with E-state index in [0.717, 1.165) is 11.1 Å². The molecule has 10 heteroatoms. The molecule has 4 heterocycles. The number of hydrogen-bond acceptors (Lipinski definition) is 8. The fourth-order valence-corrected chi connectivity index (χ4v) is 6.26. The van der Waals surface area contributed by atoms with Crippen LogP contribution < -0.4 is 5.32 Å². The predicted molar refractivity (Wildman–Crippen MR) is 151 cm³/mol. The summed E-state index contributed by atoms with van der Waals surface area (Å²) < 4.78 is 27.9. The smallest absolute Gasteiger partial charge is 0.183 e. The average Bonchev–Trinajstić information content (AvgIpc) is 3.36. The zero-order valence-electron chi connectivity index (χ0n) is 22.0. The molecule has 0 saturated carbocycles. The van der Waals surface area contributed by atoms with E-state index in [2.05, 4.69) is 15.3 Å². The van der Waals surface area contributed by atoms with Gasteiger partial charge in [0.25, 0.3) is 0 Å². The summed E-state index contributed by atoms with van der Waals surface area (Å²) in [7, 11) is -3.57. The van der Waals surface area contributed by atoms with Crippen LogP contribution in [0, 0.1) is 5.41 Å². The summed E-state index contributed by atoms with van der Waals surface area (Å²) in [6.45, 7) is 5.43. The highest BCUT2D eigenvalue weighted by molar-refractivity contribution is 7.91. The van der Waals surface area contributed by atoms with Crippen LogP contribution >= 0.6 is 0 Å². The largest absolute Gasteiger partial charge is 0.394 e. The first-order chi connectivity index (χ1) is 18.6. The lowest BCUT2D eigenvalue weighted by Gasteiger charge is -2.19. The Morgan fingerprint density at radius 1 is 1.00 bits per heavy atom. The molecule has 0 fully saturated rings. The van der Waals surface area contributed by atoms with Gasteiger partial charge in [-0.25, -0.2) is 17.9 Å².